The van der Waals surface area contributed by atoms with Crippen LogP contribution in [0, 0.1) is 23.7 Å². The number of ether oxygens (including phenoxy) is 1. The van der Waals surface area contributed by atoms with E-state index < -0.39 is 0 Å². The predicted octanol–water partition coefficient (Wildman–Crippen LogP) is 2.81. The molecule has 174 valence electrons. The second-order valence-corrected chi connectivity index (χ2v) is 10.2. The van der Waals surface area contributed by atoms with Crippen molar-refractivity contribution in [2.75, 3.05) is 31.6 Å². The molecule has 2 aromatic heterocycles. The zero-order chi connectivity index (χ0) is 23.0. The van der Waals surface area contributed by atoms with Gasteiger partial charge in [0.1, 0.15) is 11.3 Å². The number of halogens is 1. The molecule has 8 nitrogen and oxygen atoms in total. The summed E-state index contributed by atoms with van der Waals surface area (Å²) in [6.45, 7) is 4.44. The first-order chi connectivity index (χ1) is 16.6. The summed E-state index contributed by atoms with van der Waals surface area (Å²) in [4.78, 5) is 26.9. The number of amides is 1. The van der Waals surface area contributed by atoms with Crippen molar-refractivity contribution in [3.63, 3.8) is 0 Å². The third-order valence-corrected chi connectivity index (χ3v) is 8.40. The fourth-order valence-electron chi connectivity index (χ4n) is 6.43. The highest BCUT2D eigenvalue weighted by atomic mass is 35.5. The molecule has 4 aliphatic rings. The number of H-pyrrole nitrogens is 1. The summed E-state index contributed by atoms with van der Waals surface area (Å²) in [6, 6.07) is 8.47. The van der Waals surface area contributed by atoms with Gasteiger partial charge in [0.05, 0.1) is 41.6 Å². The number of nitrogens with one attached hydrogen (secondary N) is 2. The number of fused-ring (bicyclic) bond motifs is 2. The van der Waals surface area contributed by atoms with Crippen molar-refractivity contribution in [1.82, 2.24) is 19.9 Å². The Balaban J connectivity index is 1.16. The number of primary amides is 1. The molecule has 34 heavy (non-hydrogen) atoms. The highest BCUT2D eigenvalue weighted by Crippen LogP contribution is 2.76. The van der Waals surface area contributed by atoms with Crippen LogP contribution in [0.2, 0.25) is 5.02 Å². The highest BCUT2D eigenvalue weighted by Gasteiger charge is 2.83. The average molecular weight is 477 g/mol. The summed E-state index contributed by atoms with van der Waals surface area (Å²) in [5.41, 5.74) is 9.92. The standard InChI is InChI=1S/C25H25ClN6O2/c26-17-11-28-24-21(20(17)31-25-15-5-6-16(25)19(25)18(15)22(27)33)29-23(30-24)14-3-1-13(2-4-14)12-32-7-9-34-10-8-32/h1-6,11,15-16,18-19H,7-10,12H2,(H2,27,33)(H2,28,29,30,31)/t15-,16+,18-,19+,25?/m0/s1. The predicted molar refractivity (Wildman–Crippen MR) is 129 cm³/mol. The number of morpholine rings is 1. The highest BCUT2D eigenvalue weighted by molar-refractivity contribution is 6.34. The van der Waals surface area contributed by atoms with Gasteiger partial charge in [-0.2, -0.15) is 0 Å². The van der Waals surface area contributed by atoms with Crippen molar-refractivity contribution in [3.8, 4) is 11.4 Å². The minimum Gasteiger partial charge on any atom is -0.379 e. The maximum Gasteiger partial charge on any atom is 0.221 e. The van der Waals surface area contributed by atoms with Gasteiger partial charge in [-0.15, -0.1) is 0 Å². The number of rotatable bonds is 6. The Morgan fingerprint density at radius 1 is 1.24 bits per heavy atom. The van der Waals surface area contributed by atoms with Gasteiger partial charge in [-0.05, 0) is 5.56 Å². The number of pyridine rings is 1. The number of anilines is 1. The molecular formula is C25H25ClN6O2. The van der Waals surface area contributed by atoms with E-state index in [1.54, 1.807) is 6.20 Å². The second kappa shape index (κ2) is 7.28. The zero-order valence-electron chi connectivity index (χ0n) is 18.5. The number of carbonyl (C=O) groups excluding carboxylic acids is 1. The molecule has 7 rings (SSSR count). The molecule has 3 fully saturated rings. The van der Waals surface area contributed by atoms with E-state index in [1.807, 2.05) is 0 Å². The SMILES string of the molecule is NC(=O)[C@@H]1[C@H]2[C@H]3C=C[C@@H]1C23Nc1c(Cl)cnc2nc(-c3ccc(CN4CCOCC4)cc3)[nH]c12. The topological polar surface area (TPSA) is 109 Å². The van der Waals surface area contributed by atoms with E-state index in [2.05, 4.69) is 56.6 Å². The smallest absolute Gasteiger partial charge is 0.221 e. The number of imidazole rings is 1. The first kappa shape index (κ1) is 20.4. The lowest BCUT2D eigenvalue weighted by Gasteiger charge is -2.41. The van der Waals surface area contributed by atoms with E-state index in [4.69, 9.17) is 27.1 Å². The third kappa shape index (κ3) is 2.82. The lowest BCUT2D eigenvalue weighted by Crippen LogP contribution is -2.52. The van der Waals surface area contributed by atoms with Crippen LogP contribution in [0.1, 0.15) is 5.56 Å². The van der Waals surface area contributed by atoms with E-state index in [9.17, 15) is 4.79 Å². The molecule has 1 amide bonds. The zero-order valence-corrected chi connectivity index (χ0v) is 19.3. The summed E-state index contributed by atoms with van der Waals surface area (Å²) in [6.07, 6.45) is 5.96. The molecule has 9 heteroatoms. The van der Waals surface area contributed by atoms with Gasteiger partial charge < -0.3 is 20.8 Å². The van der Waals surface area contributed by atoms with E-state index in [0.717, 1.165) is 55.4 Å². The van der Waals surface area contributed by atoms with Gasteiger partial charge in [0.25, 0.3) is 0 Å². The largest absolute Gasteiger partial charge is 0.379 e. The molecule has 1 aliphatic heterocycles. The van der Waals surface area contributed by atoms with Gasteiger partial charge in [-0.1, -0.05) is 48.0 Å². The van der Waals surface area contributed by atoms with Gasteiger partial charge in [0.2, 0.25) is 5.91 Å². The summed E-state index contributed by atoms with van der Waals surface area (Å²) < 4.78 is 5.44. The van der Waals surface area contributed by atoms with E-state index >= 15 is 0 Å². The molecule has 1 saturated heterocycles. The fourth-order valence-corrected chi connectivity index (χ4v) is 6.62. The van der Waals surface area contributed by atoms with Crippen LogP contribution in [0.4, 0.5) is 5.69 Å². The molecule has 5 atom stereocenters. The molecule has 1 aromatic carbocycles. The Kier molecular flexibility index (Phi) is 4.37. The molecule has 2 saturated carbocycles. The summed E-state index contributed by atoms with van der Waals surface area (Å²) >= 11 is 6.59. The third-order valence-electron chi connectivity index (χ3n) is 8.11. The van der Waals surface area contributed by atoms with Crippen LogP contribution in [-0.4, -0.2) is 57.6 Å². The van der Waals surface area contributed by atoms with Gasteiger partial charge in [0, 0.05) is 43.0 Å². The second-order valence-electron chi connectivity index (χ2n) is 9.80. The van der Waals surface area contributed by atoms with Crippen molar-refractivity contribution >= 4 is 34.4 Å². The minimum absolute atomic E-state index is 0.0908. The lowest BCUT2D eigenvalue weighted by molar-refractivity contribution is -0.126. The molecule has 3 aliphatic carbocycles. The number of aromatic nitrogens is 3. The van der Waals surface area contributed by atoms with E-state index in [0.29, 0.717) is 16.6 Å². The number of carbonyl (C=O) groups is 1. The number of aromatic amines is 1. The minimum atomic E-state index is -0.217. The van der Waals surface area contributed by atoms with Crippen LogP contribution < -0.4 is 11.1 Å². The first-order valence-electron chi connectivity index (χ1n) is 11.8. The quantitative estimate of drug-likeness (QED) is 0.472. The maximum atomic E-state index is 11.9. The molecule has 3 heterocycles. The van der Waals surface area contributed by atoms with Crippen LogP contribution >= 0.6 is 11.6 Å². The van der Waals surface area contributed by atoms with Gasteiger partial charge in [-0.3, -0.25) is 9.69 Å². The number of nitrogens with zero attached hydrogens (tertiary/aromatic N) is 3. The van der Waals surface area contributed by atoms with Crippen LogP contribution in [0.5, 0.6) is 0 Å². The van der Waals surface area contributed by atoms with Crippen molar-refractivity contribution < 1.29 is 9.53 Å². The Hall–Kier alpha value is -2.94. The number of benzene rings is 1. The van der Waals surface area contributed by atoms with E-state index in [-0.39, 0.29) is 29.2 Å². The van der Waals surface area contributed by atoms with Crippen molar-refractivity contribution in [2.24, 2.45) is 29.4 Å². The molecule has 0 bridgehead atoms. The van der Waals surface area contributed by atoms with Crippen LogP contribution in [0.25, 0.3) is 22.6 Å². The van der Waals surface area contributed by atoms with Crippen molar-refractivity contribution in [1.29, 1.82) is 0 Å². The molecule has 4 N–H and O–H groups in total. The normalized spacial score (nSPS) is 31.3. The van der Waals surface area contributed by atoms with Crippen molar-refractivity contribution in [3.05, 3.63) is 53.2 Å². The monoisotopic (exact) mass is 476 g/mol. The molecule has 0 radical (unpaired) electrons. The summed E-state index contributed by atoms with van der Waals surface area (Å²) in [5, 5.41) is 4.21. The van der Waals surface area contributed by atoms with Crippen LogP contribution in [-0.2, 0) is 16.1 Å². The van der Waals surface area contributed by atoms with Crippen LogP contribution in [0.3, 0.4) is 0 Å². The molecule has 3 aromatic rings. The van der Waals surface area contributed by atoms with Gasteiger partial charge >= 0.3 is 0 Å². The molecule has 0 spiro atoms. The fraction of sp³-hybridized carbons (Fsp3) is 0.400. The maximum absolute atomic E-state index is 11.9. The molecule has 1 unspecified atom stereocenters. The lowest BCUT2D eigenvalue weighted by atomic mass is 9.68. The number of nitrogens with two attached hydrogens (primary N) is 1. The first-order valence-corrected chi connectivity index (χ1v) is 12.1. The Bertz CT molecular complexity index is 1330. The average Bonchev–Trinajstić information content (AvgIpc) is 3.12. The Labute approximate surface area is 201 Å². The molecular weight excluding hydrogens is 452 g/mol. The summed E-state index contributed by atoms with van der Waals surface area (Å²) in [5.74, 6) is 1.11. The number of hydrogen-bond acceptors (Lipinski definition) is 6. The van der Waals surface area contributed by atoms with Gasteiger partial charge in [-0.25, -0.2) is 9.97 Å². The summed E-state index contributed by atoms with van der Waals surface area (Å²) in [7, 11) is 0. The van der Waals surface area contributed by atoms with Crippen LogP contribution in [0.15, 0.2) is 42.6 Å². The van der Waals surface area contributed by atoms with Gasteiger partial charge in [0.15, 0.2) is 5.65 Å². The van der Waals surface area contributed by atoms with Crippen molar-refractivity contribution in [2.45, 2.75) is 12.1 Å². The van der Waals surface area contributed by atoms with E-state index in [1.165, 1.54) is 5.56 Å². The number of hydrogen-bond donors (Lipinski definition) is 3. The Morgan fingerprint density at radius 3 is 2.74 bits per heavy atom. The Morgan fingerprint density at radius 2 is 2.00 bits per heavy atom.